The predicted molar refractivity (Wildman–Crippen MR) is 89.8 cm³/mol. The smallest absolute Gasteiger partial charge is 0.124 e. The summed E-state index contributed by atoms with van der Waals surface area (Å²) in [5.74, 6) is 1.60. The molecule has 0 spiro atoms. The molecule has 1 fully saturated rings. The van der Waals surface area contributed by atoms with Crippen molar-refractivity contribution in [2.75, 3.05) is 13.2 Å². The lowest BCUT2D eigenvalue weighted by Gasteiger charge is -2.16. The Morgan fingerprint density at radius 1 is 1.38 bits per heavy atom. The van der Waals surface area contributed by atoms with E-state index in [4.69, 9.17) is 9.47 Å². The predicted octanol–water partition coefficient (Wildman–Crippen LogP) is 4.14. The molecule has 1 aliphatic rings. The van der Waals surface area contributed by atoms with E-state index in [0.29, 0.717) is 18.6 Å². The number of nitrogens with one attached hydrogen (secondary N) is 1. The van der Waals surface area contributed by atoms with Crippen molar-refractivity contribution in [2.45, 2.75) is 52.4 Å². The first-order chi connectivity index (χ1) is 10.0. The lowest BCUT2D eigenvalue weighted by atomic mass is 10.1. The van der Waals surface area contributed by atoms with Crippen LogP contribution in [0.25, 0.3) is 0 Å². The lowest BCUT2D eigenvalue weighted by Crippen LogP contribution is -2.21. The second-order valence-corrected chi connectivity index (χ2v) is 7.15. The quantitative estimate of drug-likeness (QED) is 0.797. The van der Waals surface area contributed by atoms with Gasteiger partial charge in [-0.05, 0) is 50.4 Å². The van der Waals surface area contributed by atoms with Crippen molar-refractivity contribution in [3.05, 3.63) is 28.2 Å². The number of halogens is 1. The van der Waals surface area contributed by atoms with Crippen molar-refractivity contribution >= 4 is 15.9 Å². The van der Waals surface area contributed by atoms with Crippen LogP contribution in [0.4, 0.5) is 0 Å². The van der Waals surface area contributed by atoms with Crippen LogP contribution in [0, 0.1) is 5.92 Å². The summed E-state index contributed by atoms with van der Waals surface area (Å²) < 4.78 is 12.9. The van der Waals surface area contributed by atoms with Gasteiger partial charge in [0.15, 0.2) is 0 Å². The Morgan fingerprint density at radius 2 is 2.19 bits per heavy atom. The number of rotatable bonds is 7. The third-order valence-corrected chi connectivity index (χ3v) is 4.13. The topological polar surface area (TPSA) is 30.5 Å². The van der Waals surface area contributed by atoms with Gasteiger partial charge in [0.25, 0.3) is 0 Å². The van der Waals surface area contributed by atoms with Crippen molar-refractivity contribution in [1.82, 2.24) is 5.32 Å². The van der Waals surface area contributed by atoms with Gasteiger partial charge in [0.2, 0.25) is 0 Å². The zero-order chi connectivity index (χ0) is 15.2. The minimum atomic E-state index is 0.236. The summed E-state index contributed by atoms with van der Waals surface area (Å²) in [5.41, 5.74) is 1.19. The summed E-state index contributed by atoms with van der Waals surface area (Å²) in [6.07, 6.45) is 2.84. The van der Waals surface area contributed by atoms with Crippen LogP contribution < -0.4 is 10.1 Å². The van der Waals surface area contributed by atoms with Gasteiger partial charge < -0.3 is 14.8 Å². The Kier molecular flexibility index (Phi) is 6.52. The molecule has 0 bridgehead atoms. The van der Waals surface area contributed by atoms with Crippen molar-refractivity contribution in [3.63, 3.8) is 0 Å². The van der Waals surface area contributed by atoms with E-state index in [1.807, 2.05) is 12.1 Å². The van der Waals surface area contributed by atoms with E-state index >= 15 is 0 Å². The van der Waals surface area contributed by atoms with Crippen LogP contribution in [0.2, 0.25) is 0 Å². The zero-order valence-electron chi connectivity index (χ0n) is 13.2. The van der Waals surface area contributed by atoms with Gasteiger partial charge in [0, 0.05) is 16.6 Å². The van der Waals surface area contributed by atoms with Gasteiger partial charge >= 0.3 is 0 Å². The summed E-state index contributed by atoms with van der Waals surface area (Å²) in [5, 5.41) is 3.47. The first-order valence-corrected chi connectivity index (χ1v) is 8.61. The second-order valence-electron chi connectivity index (χ2n) is 6.23. The van der Waals surface area contributed by atoms with Crippen LogP contribution in [0.5, 0.6) is 5.75 Å². The van der Waals surface area contributed by atoms with Crippen LogP contribution in [0.3, 0.4) is 0 Å². The molecule has 1 N–H and O–H groups in total. The Morgan fingerprint density at radius 3 is 2.86 bits per heavy atom. The number of benzene rings is 1. The van der Waals surface area contributed by atoms with Gasteiger partial charge in [0.05, 0.1) is 12.2 Å². The highest BCUT2D eigenvalue weighted by Crippen LogP contribution is 2.25. The fraction of sp³-hybridized carbons (Fsp3) is 0.647. The first kappa shape index (κ1) is 16.8. The minimum absolute atomic E-state index is 0.236. The average molecular weight is 356 g/mol. The van der Waals surface area contributed by atoms with Gasteiger partial charge in [0.1, 0.15) is 12.4 Å². The highest BCUT2D eigenvalue weighted by Gasteiger charge is 2.22. The van der Waals surface area contributed by atoms with E-state index in [-0.39, 0.29) is 6.10 Å². The molecule has 1 aromatic rings. The molecule has 1 saturated heterocycles. The molecule has 1 aromatic carbocycles. The molecule has 0 saturated carbocycles. The maximum Gasteiger partial charge on any atom is 0.124 e. The molecule has 4 heteroatoms. The van der Waals surface area contributed by atoms with Gasteiger partial charge in [-0.25, -0.2) is 0 Å². The van der Waals surface area contributed by atoms with E-state index in [1.165, 1.54) is 5.56 Å². The van der Waals surface area contributed by atoms with Gasteiger partial charge in [-0.3, -0.25) is 0 Å². The third kappa shape index (κ3) is 5.61. The standard InChI is InChI=1S/C17H26BrNO2/c1-12(2)9-19-10-14-8-15(18)5-7-17(14)20-11-16-6-4-13(3)21-16/h5,7-8,12-13,16,19H,4,6,9-11H2,1-3H3. The monoisotopic (exact) mass is 355 g/mol. The molecule has 2 unspecified atom stereocenters. The van der Waals surface area contributed by atoms with E-state index in [1.54, 1.807) is 0 Å². The van der Waals surface area contributed by atoms with Crippen LogP contribution >= 0.6 is 15.9 Å². The molecule has 118 valence electrons. The normalized spacial score (nSPS) is 22.0. The molecule has 0 aliphatic carbocycles. The van der Waals surface area contributed by atoms with E-state index in [0.717, 1.165) is 36.2 Å². The fourth-order valence-electron chi connectivity index (χ4n) is 2.51. The molecule has 2 atom stereocenters. The highest BCUT2D eigenvalue weighted by atomic mass is 79.9. The van der Waals surface area contributed by atoms with Crippen molar-refractivity contribution in [1.29, 1.82) is 0 Å². The maximum absolute atomic E-state index is 6.00. The zero-order valence-corrected chi connectivity index (χ0v) is 14.8. The molecule has 1 aliphatic heterocycles. The number of hydrogen-bond acceptors (Lipinski definition) is 3. The van der Waals surface area contributed by atoms with Gasteiger partial charge in [-0.15, -0.1) is 0 Å². The minimum Gasteiger partial charge on any atom is -0.491 e. The van der Waals surface area contributed by atoms with Crippen molar-refractivity contribution in [2.24, 2.45) is 5.92 Å². The molecule has 0 amide bonds. The molecule has 0 radical (unpaired) electrons. The molecule has 1 heterocycles. The first-order valence-electron chi connectivity index (χ1n) is 7.82. The number of hydrogen-bond donors (Lipinski definition) is 1. The van der Waals surface area contributed by atoms with Crippen molar-refractivity contribution in [3.8, 4) is 5.75 Å². The Balaban J connectivity index is 1.91. The Bertz CT molecular complexity index is 450. The molecule has 2 rings (SSSR count). The van der Waals surface area contributed by atoms with Gasteiger partial charge in [-0.1, -0.05) is 29.8 Å². The summed E-state index contributed by atoms with van der Waals surface area (Å²) >= 11 is 3.53. The summed E-state index contributed by atoms with van der Waals surface area (Å²) in [7, 11) is 0. The summed E-state index contributed by atoms with van der Waals surface area (Å²) in [6.45, 7) is 9.03. The summed E-state index contributed by atoms with van der Waals surface area (Å²) in [6, 6.07) is 6.19. The van der Waals surface area contributed by atoms with Gasteiger partial charge in [-0.2, -0.15) is 0 Å². The molecule has 21 heavy (non-hydrogen) atoms. The SMILES string of the molecule is CC(C)CNCc1cc(Br)ccc1OCC1CCC(C)O1. The lowest BCUT2D eigenvalue weighted by molar-refractivity contribution is 0.0262. The van der Waals surface area contributed by atoms with Crippen LogP contribution in [0.1, 0.15) is 39.2 Å². The average Bonchev–Trinajstić information content (AvgIpc) is 2.83. The highest BCUT2D eigenvalue weighted by molar-refractivity contribution is 9.10. The fourth-order valence-corrected chi connectivity index (χ4v) is 2.92. The van der Waals surface area contributed by atoms with Crippen LogP contribution in [0.15, 0.2) is 22.7 Å². The molecular formula is C17H26BrNO2. The third-order valence-electron chi connectivity index (χ3n) is 3.64. The largest absolute Gasteiger partial charge is 0.491 e. The Labute approximate surface area is 136 Å². The van der Waals surface area contributed by atoms with E-state index < -0.39 is 0 Å². The number of ether oxygens (including phenoxy) is 2. The Hall–Kier alpha value is -0.580. The second kappa shape index (κ2) is 8.16. The molecule has 0 aromatic heterocycles. The van der Waals surface area contributed by atoms with Crippen LogP contribution in [-0.2, 0) is 11.3 Å². The van der Waals surface area contributed by atoms with E-state index in [9.17, 15) is 0 Å². The maximum atomic E-state index is 6.00. The molecule has 3 nitrogen and oxygen atoms in total. The van der Waals surface area contributed by atoms with Crippen LogP contribution in [-0.4, -0.2) is 25.4 Å². The molecular weight excluding hydrogens is 330 g/mol. The van der Waals surface area contributed by atoms with E-state index in [2.05, 4.69) is 48.1 Å². The summed E-state index contributed by atoms with van der Waals surface area (Å²) in [4.78, 5) is 0. The van der Waals surface area contributed by atoms with Crippen molar-refractivity contribution < 1.29 is 9.47 Å².